The fourth-order valence-electron chi connectivity index (χ4n) is 3.72. The predicted molar refractivity (Wildman–Crippen MR) is 114 cm³/mol. The van der Waals surface area contributed by atoms with E-state index in [9.17, 15) is 9.59 Å². The van der Waals surface area contributed by atoms with Gasteiger partial charge in [-0.1, -0.05) is 19.3 Å². The van der Waals surface area contributed by atoms with Gasteiger partial charge in [0.1, 0.15) is 16.5 Å². The number of benzene rings is 1. The Balaban J connectivity index is 1.88. The van der Waals surface area contributed by atoms with Crippen molar-refractivity contribution in [2.75, 3.05) is 20.8 Å². The number of carbonyl (C=O) groups excluding carboxylic acids is 2. The SMILES string of the molecule is CCOC(=O)c1csc(CN(C(=O)c2ccc(OC)cc2OC)C2CCCCC2)n1. The maximum absolute atomic E-state index is 13.6. The van der Waals surface area contributed by atoms with Crippen LogP contribution in [0.3, 0.4) is 0 Å². The number of methoxy groups -OCH3 is 2. The summed E-state index contributed by atoms with van der Waals surface area (Å²) in [6.45, 7) is 2.41. The minimum Gasteiger partial charge on any atom is -0.497 e. The van der Waals surface area contributed by atoms with Gasteiger partial charge in [0, 0.05) is 17.5 Å². The summed E-state index contributed by atoms with van der Waals surface area (Å²) in [6.07, 6.45) is 5.30. The van der Waals surface area contributed by atoms with Crippen molar-refractivity contribution in [3.63, 3.8) is 0 Å². The van der Waals surface area contributed by atoms with Crippen molar-refractivity contribution in [2.45, 2.75) is 51.6 Å². The molecule has 0 radical (unpaired) electrons. The third-order valence-corrected chi connectivity index (χ3v) is 6.09. The lowest BCUT2D eigenvalue weighted by atomic mass is 9.93. The fourth-order valence-corrected chi connectivity index (χ4v) is 4.48. The Morgan fingerprint density at radius 2 is 1.93 bits per heavy atom. The van der Waals surface area contributed by atoms with Crippen molar-refractivity contribution in [2.24, 2.45) is 0 Å². The normalized spacial score (nSPS) is 14.2. The summed E-state index contributed by atoms with van der Waals surface area (Å²) in [5.41, 5.74) is 0.779. The van der Waals surface area contributed by atoms with Gasteiger partial charge in [0.15, 0.2) is 5.69 Å². The second-order valence-corrected chi connectivity index (χ2v) is 8.08. The first-order chi connectivity index (χ1) is 14.6. The molecule has 8 heteroatoms. The molecule has 0 aliphatic heterocycles. The number of thiazole rings is 1. The van der Waals surface area contributed by atoms with Gasteiger partial charge in [-0.25, -0.2) is 9.78 Å². The van der Waals surface area contributed by atoms with E-state index in [4.69, 9.17) is 14.2 Å². The summed E-state index contributed by atoms with van der Waals surface area (Å²) in [5, 5.41) is 2.40. The van der Waals surface area contributed by atoms with Crippen LogP contribution in [0.1, 0.15) is 64.9 Å². The molecule has 1 aliphatic carbocycles. The number of aromatic nitrogens is 1. The third kappa shape index (κ3) is 5.11. The van der Waals surface area contributed by atoms with E-state index >= 15 is 0 Å². The number of esters is 1. The average Bonchev–Trinajstić information content (AvgIpc) is 3.26. The van der Waals surface area contributed by atoms with Crippen LogP contribution in [-0.4, -0.2) is 48.6 Å². The van der Waals surface area contributed by atoms with E-state index in [0.717, 1.165) is 25.7 Å². The molecule has 0 bridgehead atoms. The molecular weight excluding hydrogens is 404 g/mol. The molecule has 0 unspecified atom stereocenters. The zero-order valence-corrected chi connectivity index (χ0v) is 18.5. The van der Waals surface area contributed by atoms with E-state index in [1.165, 1.54) is 17.8 Å². The molecule has 1 heterocycles. The molecule has 0 saturated heterocycles. The first-order valence-electron chi connectivity index (χ1n) is 10.2. The molecule has 1 saturated carbocycles. The van der Waals surface area contributed by atoms with Crippen LogP contribution in [0.25, 0.3) is 0 Å². The van der Waals surface area contributed by atoms with Crippen LogP contribution < -0.4 is 9.47 Å². The quantitative estimate of drug-likeness (QED) is 0.579. The molecule has 0 spiro atoms. The van der Waals surface area contributed by atoms with Crippen molar-refractivity contribution in [3.05, 3.63) is 39.8 Å². The van der Waals surface area contributed by atoms with Gasteiger partial charge in [-0.15, -0.1) is 11.3 Å². The van der Waals surface area contributed by atoms with Gasteiger partial charge in [-0.2, -0.15) is 0 Å². The van der Waals surface area contributed by atoms with Gasteiger partial charge in [0.05, 0.1) is 32.9 Å². The Bertz CT molecular complexity index is 876. The summed E-state index contributed by atoms with van der Waals surface area (Å²) >= 11 is 1.37. The van der Waals surface area contributed by atoms with Crippen LogP contribution >= 0.6 is 11.3 Å². The zero-order chi connectivity index (χ0) is 21.5. The van der Waals surface area contributed by atoms with E-state index in [1.807, 2.05) is 4.90 Å². The molecule has 7 nitrogen and oxygen atoms in total. The number of amides is 1. The van der Waals surface area contributed by atoms with Crippen molar-refractivity contribution < 1.29 is 23.8 Å². The molecule has 1 aromatic carbocycles. The van der Waals surface area contributed by atoms with Crippen molar-refractivity contribution in [1.82, 2.24) is 9.88 Å². The summed E-state index contributed by atoms with van der Waals surface area (Å²) < 4.78 is 15.7. The molecule has 1 aromatic heterocycles. The topological polar surface area (TPSA) is 78.0 Å². The smallest absolute Gasteiger partial charge is 0.357 e. The molecular formula is C22H28N2O5S. The van der Waals surface area contributed by atoms with Gasteiger partial charge < -0.3 is 19.1 Å². The molecule has 1 amide bonds. The Hall–Kier alpha value is -2.61. The van der Waals surface area contributed by atoms with Crippen LogP contribution in [0.4, 0.5) is 0 Å². The molecule has 162 valence electrons. The van der Waals surface area contributed by atoms with E-state index in [-0.39, 0.29) is 17.6 Å². The molecule has 0 atom stereocenters. The highest BCUT2D eigenvalue weighted by molar-refractivity contribution is 7.09. The largest absolute Gasteiger partial charge is 0.497 e. The lowest BCUT2D eigenvalue weighted by Gasteiger charge is -2.34. The lowest BCUT2D eigenvalue weighted by Crippen LogP contribution is -2.41. The van der Waals surface area contributed by atoms with Gasteiger partial charge in [-0.05, 0) is 31.9 Å². The predicted octanol–water partition coefficient (Wildman–Crippen LogP) is 4.31. The van der Waals surface area contributed by atoms with Crippen molar-refractivity contribution >= 4 is 23.2 Å². The summed E-state index contributed by atoms with van der Waals surface area (Å²) in [4.78, 5) is 31.8. The summed E-state index contributed by atoms with van der Waals surface area (Å²) in [7, 11) is 3.12. The molecule has 1 fully saturated rings. The number of carbonyl (C=O) groups is 2. The highest BCUT2D eigenvalue weighted by Crippen LogP contribution is 2.30. The summed E-state index contributed by atoms with van der Waals surface area (Å²) in [5.74, 6) is 0.569. The van der Waals surface area contributed by atoms with E-state index < -0.39 is 5.97 Å². The highest BCUT2D eigenvalue weighted by Gasteiger charge is 2.29. The van der Waals surface area contributed by atoms with E-state index in [0.29, 0.717) is 35.2 Å². The minimum absolute atomic E-state index is 0.103. The zero-order valence-electron chi connectivity index (χ0n) is 17.7. The summed E-state index contributed by atoms with van der Waals surface area (Å²) in [6, 6.07) is 5.35. The van der Waals surface area contributed by atoms with Crippen LogP contribution in [0.5, 0.6) is 11.5 Å². The van der Waals surface area contributed by atoms with Gasteiger partial charge in [-0.3, -0.25) is 4.79 Å². The third-order valence-electron chi connectivity index (χ3n) is 5.26. The van der Waals surface area contributed by atoms with Gasteiger partial charge >= 0.3 is 5.97 Å². The highest BCUT2D eigenvalue weighted by atomic mass is 32.1. The number of hydrogen-bond acceptors (Lipinski definition) is 7. The fraction of sp³-hybridized carbons (Fsp3) is 0.500. The van der Waals surface area contributed by atoms with Crippen LogP contribution in [0.2, 0.25) is 0 Å². The standard InChI is InChI=1S/C22H28N2O5S/c1-4-29-22(26)18-14-30-20(23-18)13-24(15-8-6-5-7-9-15)21(25)17-11-10-16(27-2)12-19(17)28-3/h10-12,14-15H,4-9,13H2,1-3H3. The van der Waals surface area contributed by atoms with Crippen molar-refractivity contribution in [3.8, 4) is 11.5 Å². The van der Waals surface area contributed by atoms with Crippen LogP contribution in [0, 0.1) is 0 Å². The molecule has 30 heavy (non-hydrogen) atoms. The van der Waals surface area contributed by atoms with E-state index in [1.54, 1.807) is 44.7 Å². The van der Waals surface area contributed by atoms with Crippen molar-refractivity contribution in [1.29, 1.82) is 0 Å². The Labute approximate surface area is 181 Å². The number of nitrogens with zero attached hydrogens (tertiary/aromatic N) is 2. The first-order valence-corrected chi connectivity index (χ1v) is 11.1. The Kier molecular flexibility index (Phi) is 7.68. The second kappa shape index (κ2) is 10.4. The maximum Gasteiger partial charge on any atom is 0.357 e. The molecule has 2 aromatic rings. The number of ether oxygens (including phenoxy) is 3. The molecule has 3 rings (SSSR count). The monoisotopic (exact) mass is 432 g/mol. The average molecular weight is 433 g/mol. The first kappa shape index (κ1) is 22.1. The van der Waals surface area contributed by atoms with Crippen LogP contribution in [-0.2, 0) is 11.3 Å². The minimum atomic E-state index is -0.438. The van der Waals surface area contributed by atoms with Gasteiger partial charge in [0.2, 0.25) is 0 Å². The maximum atomic E-state index is 13.6. The lowest BCUT2D eigenvalue weighted by molar-refractivity contribution is 0.0520. The molecule has 1 aliphatic rings. The Morgan fingerprint density at radius 3 is 2.60 bits per heavy atom. The van der Waals surface area contributed by atoms with E-state index in [2.05, 4.69) is 4.98 Å². The molecule has 0 N–H and O–H groups in total. The number of hydrogen-bond donors (Lipinski definition) is 0. The van der Waals surface area contributed by atoms with Gasteiger partial charge in [0.25, 0.3) is 5.91 Å². The van der Waals surface area contributed by atoms with Crippen LogP contribution in [0.15, 0.2) is 23.6 Å². The number of rotatable bonds is 8. The second-order valence-electron chi connectivity index (χ2n) is 7.14. The Morgan fingerprint density at radius 1 is 1.17 bits per heavy atom.